The molecule has 8 aromatic carbocycles. The van der Waals surface area contributed by atoms with E-state index in [0.29, 0.717) is 0 Å². The van der Waals surface area contributed by atoms with Crippen molar-refractivity contribution in [3.63, 3.8) is 0 Å². The molecule has 3 aromatic heterocycles. The largest absolute Gasteiger partial charge is 0.451 e. The number of furan rings is 1. The lowest BCUT2D eigenvalue weighted by Crippen LogP contribution is -1.94. The van der Waals surface area contributed by atoms with E-state index in [0.717, 1.165) is 49.9 Å². The first-order valence-corrected chi connectivity index (χ1v) is 16.1. The van der Waals surface area contributed by atoms with Crippen molar-refractivity contribution in [2.75, 3.05) is 0 Å². The molecule has 0 fully saturated rings. The summed E-state index contributed by atoms with van der Waals surface area (Å²) in [4.78, 5) is 0. The quantitative estimate of drug-likeness (QED) is 0.182. The van der Waals surface area contributed by atoms with Crippen molar-refractivity contribution in [1.29, 1.82) is 0 Å². The second-order valence-electron chi connectivity index (χ2n) is 12.5. The van der Waals surface area contributed by atoms with Crippen LogP contribution in [0.25, 0.3) is 98.5 Å². The van der Waals surface area contributed by atoms with E-state index in [1.54, 1.807) is 0 Å². The average molecular weight is 599 g/mol. The molecule has 0 radical (unpaired) electrons. The van der Waals surface area contributed by atoms with Crippen molar-refractivity contribution >= 4 is 87.1 Å². The van der Waals surface area contributed by atoms with Crippen molar-refractivity contribution in [3.8, 4) is 11.4 Å². The summed E-state index contributed by atoms with van der Waals surface area (Å²) in [6, 6.07) is 56.9. The van der Waals surface area contributed by atoms with Gasteiger partial charge in [0, 0.05) is 32.9 Å². The molecular formula is C44H26N2O. The van der Waals surface area contributed by atoms with Crippen LogP contribution in [0.4, 0.5) is 0 Å². The SMILES string of the molecule is c1ccc(-n2c3cc4c5ccccc5c5ccccc5c4cc3c3ccc4c(oc5c6ccccc6n(-c6ccccc6)c45)c32)cc1. The van der Waals surface area contributed by atoms with Gasteiger partial charge in [-0.25, -0.2) is 0 Å². The fourth-order valence-corrected chi connectivity index (χ4v) is 8.11. The Morgan fingerprint density at radius 1 is 0.298 bits per heavy atom. The van der Waals surface area contributed by atoms with Crippen LogP contribution in [0.15, 0.2) is 162 Å². The van der Waals surface area contributed by atoms with Gasteiger partial charge in [-0.1, -0.05) is 103 Å². The molecule has 0 spiro atoms. The van der Waals surface area contributed by atoms with Gasteiger partial charge in [-0.2, -0.15) is 0 Å². The summed E-state index contributed by atoms with van der Waals surface area (Å²) in [7, 11) is 0. The Balaban J connectivity index is 1.37. The molecule has 3 nitrogen and oxygen atoms in total. The van der Waals surface area contributed by atoms with Crippen LogP contribution in [-0.2, 0) is 0 Å². The van der Waals surface area contributed by atoms with Gasteiger partial charge in [0.2, 0.25) is 0 Å². The zero-order chi connectivity index (χ0) is 30.6. The number of nitrogens with zero attached hydrogens (tertiary/aromatic N) is 2. The molecule has 47 heavy (non-hydrogen) atoms. The summed E-state index contributed by atoms with van der Waals surface area (Å²) in [5, 5.41) is 12.3. The topological polar surface area (TPSA) is 23.0 Å². The van der Waals surface area contributed by atoms with Crippen LogP contribution >= 0.6 is 0 Å². The number of para-hydroxylation sites is 3. The van der Waals surface area contributed by atoms with E-state index in [1.165, 1.54) is 48.6 Å². The zero-order valence-electron chi connectivity index (χ0n) is 25.3. The molecule has 218 valence electrons. The van der Waals surface area contributed by atoms with Crippen LogP contribution in [0, 0.1) is 0 Å². The molecule has 0 atom stereocenters. The van der Waals surface area contributed by atoms with Gasteiger partial charge in [0.1, 0.15) is 5.52 Å². The molecular weight excluding hydrogens is 572 g/mol. The Hall–Kier alpha value is -6.32. The number of aromatic nitrogens is 2. The van der Waals surface area contributed by atoms with Gasteiger partial charge in [0.05, 0.1) is 16.6 Å². The van der Waals surface area contributed by atoms with E-state index < -0.39 is 0 Å². The van der Waals surface area contributed by atoms with Crippen molar-refractivity contribution in [3.05, 3.63) is 158 Å². The molecule has 11 rings (SSSR count). The highest BCUT2D eigenvalue weighted by Crippen LogP contribution is 2.46. The van der Waals surface area contributed by atoms with Crippen LogP contribution in [0.5, 0.6) is 0 Å². The molecule has 0 unspecified atom stereocenters. The minimum atomic E-state index is 0.904. The first-order valence-electron chi connectivity index (χ1n) is 16.1. The lowest BCUT2D eigenvalue weighted by Gasteiger charge is -2.12. The van der Waals surface area contributed by atoms with E-state index in [4.69, 9.17) is 4.42 Å². The van der Waals surface area contributed by atoms with Crippen molar-refractivity contribution < 1.29 is 4.42 Å². The predicted octanol–water partition coefficient (Wildman–Crippen LogP) is 12.1. The fraction of sp³-hybridized carbons (Fsp3) is 0. The summed E-state index contributed by atoms with van der Waals surface area (Å²) in [6.07, 6.45) is 0. The summed E-state index contributed by atoms with van der Waals surface area (Å²) in [5.74, 6) is 0. The van der Waals surface area contributed by atoms with Crippen LogP contribution in [0.1, 0.15) is 0 Å². The molecule has 3 heteroatoms. The highest BCUT2D eigenvalue weighted by atomic mass is 16.3. The molecule has 0 bridgehead atoms. The van der Waals surface area contributed by atoms with Crippen LogP contribution in [-0.4, -0.2) is 9.13 Å². The van der Waals surface area contributed by atoms with Crippen molar-refractivity contribution in [1.82, 2.24) is 9.13 Å². The average Bonchev–Trinajstić information content (AvgIpc) is 3.78. The van der Waals surface area contributed by atoms with E-state index in [9.17, 15) is 0 Å². The molecule has 0 aliphatic carbocycles. The van der Waals surface area contributed by atoms with Gasteiger partial charge < -0.3 is 13.6 Å². The second kappa shape index (κ2) is 9.12. The Kier molecular flexibility index (Phi) is 4.84. The van der Waals surface area contributed by atoms with Crippen LogP contribution in [0.2, 0.25) is 0 Å². The number of hydrogen-bond acceptors (Lipinski definition) is 1. The zero-order valence-corrected chi connectivity index (χ0v) is 25.3. The van der Waals surface area contributed by atoms with Crippen molar-refractivity contribution in [2.45, 2.75) is 0 Å². The molecule has 0 saturated heterocycles. The molecule has 0 aliphatic heterocycles. The highest BCUT2D eigenvalue weighted by Gasteiger charge is 2.24. The van der Waals surface area contributed by atoms with E-state index >= 15 is 0 Å². The Morgan fingerprint density at radius 2 is 0.745 bits per heavy atom. The minimum absolute atomic E-state index is 0.904. The molecule has 0 N–H and O–H groups in total. The smallest absolute Gasteiger partial charge is 0.161 e. The predicted molar refractivity (Wildman–Crippen MR) is 197 cm³/mol. The standard InChI is InChI=1S/C44H26N2O/c1-3-13-27(14-4-1)45-39-22-12-11-21-34(39)43-42(45)35-24-23-33-38-25-36-31-19-9-7-17-29(31)30-18-8-10-20-32(30)37(36)26-40(38)46(41(33)44(35)47-43)28-15-5-2-6-16-28/h1-26H. The van der Waals surface area contributed by atoms with Gasteiger partial charge in [0.15, 0.2) is 11.2 Å². The Bertz CT molecular complexity index is 3050. The fourth-order valence-electron chi connectivity index (χ4n) is 8.11. The summed E-state index contributed by atoms with van der Waals surface area (Å²) >= 11 is 0. The summed E-state index contributed by atoms with van der Waals surface area (Å²) in [5.41, 5.74) is 8.55. The van der Waals surface area contributed by atoms with Crippen molar-refractivity contribution in [2.24, 2.45) is 0 Å². The Morgan fingerprint density at radius 3 is 1.38 bits per heavy atom. The lowest BCUT2D eigenvalue weighted by molar-refractivity contribution is 0.675. The van der Waals surface area contributed by atoms with Gasteiger partial charge in [-0.05, 0) is 86.9 Å². The van der Waals surface area contributed by atoms with E-state index in [1.807, 2.05) is 0 Å². The van der Waals surface area contributed by atoms with Gasteiger partial charge in [-0.3, -0.25) is 0 Å². The first-order chi connectivity index (χ1) is 23.3. The number of fused-ring (bicyclic) bond motifs is 15. The molecule has 0 saturated carbocycles. The molecule has 3 heterocycles. The van der Waals surface area contributed by atoms with Gasteiger partial charge in [-0.15, -0.1) is 0 Å². The normalized spacial score (nSPS) is 12.3. The highest BCUT2D eigenvalue weighted by molar-refractivity contribution is 6.30. The van der Waals surface area contributed by atoms with Crippen LogP contribution < -0.4 is 0 Å². The maximum Gasteiger partial charge on any atom is 0.161 e. The van der Waals surface area contributed by atoms with Crippen LogP contribution in [0.3, 0.4) is 0 Å². The number of benzene rings is 8. The number of rotatable bonds is 2. The van der Waals surface area contributed by atoms with E-state index in [-0.39, 0.29) is 0 Å². The Labute approximate surface area is 269 Å². The minimum Gasteiger partial charge on any atom is -0.451 e. The maximum atomic E-state index is 7.07. The van der Waals surface area contributed by atoms with Gasteiger partial charge in [0.25, 0.3) is 0 Å². The number of hydrogen-bond donors (Lipinski definition) is 0. The molecule has 11 aromatic rings. The third-order valence-corrected chi connectivity index (χ3v) is 10.1. The molecule has 0 aliphatic rings. The summed E-state index contributed by atoms with van der Waals surface area (Å²) in [6.45, 7) is 0. The van der Waals surface area contributed by atoms with Gasteiger partial charge >= 0.3 is 0 Å². The second-order valence-corrected chi connectivity index (χ2v) is 12.5. The monoisotopic (exact) mass is 598 g/mol. The first kappa shape index (κ1) is 24.9. The van der Waals surface area contributed by atoms with E-state index in [2.05, 4.69) is 167 Å². The third-order valence-electron chi connectivity index (χ3n) is 10.1. The maximum absolute atomic E-state index is 7.07. The lowest BCUT2D eigenvalue weighted by atomic mass is 9.93. The summed E-state index contributed by atoms with van der Waals surface area (Å²) < 4.78 is 11.8. The third kappa shape index (κ3) is 3.25. The molecule has 0 amide bonds.